The molecule has 104 valence electrons. The Bertz CT molecular complexity index is 492. The number of aliphatic imine (C=N–C) groups is 1. The van der Waals surface area contributed by atoms with Crippen LogP contribution in [0, 0.1) is 0 Å². The zero-order valence-electron chi connectivity index (χ0n) is 12.5. The van der Waals surface area contributed by atoms with Gasteiger partial charge in [0.1, 0.15) is 12.4 Å². The summed E-state index contributed by atoms with van der Waals surface area (Å²) in [6, 6.07) is 6.08. The Kier molecular flexibility index (Phi) is 3.83. The summed E-state index contributed by atoms with van der Waals surface area (Å²) in [5, 5.41) is 0. The van der Waals surface area contributed by atoms with Gasteiger partial charge in [-0.3, -0.25) is 0 Å². The van der Waals surface area contributed by atoms with Crippen LogP contribution >= 0.6 is 0 Å². The van der Waals surface area contributed by atoms with E-state index < -0.39 is 0 Å². The normalized spacial score (nSPS) is 18.7. The van der Waals surface area contributed by atoms with Crippen LogP contribution < -0.4 is 4.74 Å². The van der Waals surface area contributed by atoms with Gasteiger partial charge < -0.3 is 9.47 Å². The van der Waals surface area contributed by atoms with E-state index in [1.54, 1.807) is 7.11 Å². The van der Waals surface area contributed by atoms with Crippen molar-refractivity contribution in [1.29, 1.82) is 0 Å². The standard InChI is InChI=1S/C16H23NO2/c1-6-11(2)14-12(8-7-9-13(14)18-5)15-17-16(3,4)10-19-15/h7-9,11H,6,10H2,1-5H3. The van der Waals surface area contributed by atoms with E-state index in [1.165, 1.54) is 5.56 Å². The molecule has 3 nitrogen and oxygen atoms in total. The third-order valence-corrected chi connectivity index (χ3v) is 3.59. The summed E-state index contributed by atoms with van der Waals surface area (Å²) in [4.78, 5) is 4.68. The predicted octanol–water partition coefficient (Wildman–Crippen LogP) is 3.76. The third-order valence-electron chi connectivity index (χ3n) is 3.59. The average Bonchev–Trinajstić information content (AvgIpc) is 2.77. The van der Waals surface area contributed by atoms with Crippen LogP contribution in [-0.2, 0) is 4.74 Å². The van der Waals surface area contributed by atoms with Crippen LogP contribution in [0.4, 0.5) is 0 Å². The first kappa shape index (κ1) is 13.9. The molecule has 1 aliphatic rings. The van der Waals surface area contributed by atoms with Crippen molar-refractivity contribution >= 4 is 5.90 Å². The van der Waals surface area contributed by atoms with Crippen LogP contribution in [-0.4, -0.2) is 25.2 Å². The Hall–Kier alpha value is -1.51. The Balaban J connectivity index is 2.52. The third kappa shape index (κ3) is 2.75. The highest BCUT2D eigenvalue weighted by Gasteiger charge is 2.29. The van der Waals surface area contributed by atoms with E-state index in [2.05, 4.69) is 38.8 Å². The summed E-state index contributed by atoms with van der Waals surface area (Å²) in [7, 11) is 1.71. The minimum atomic E-state index is -0.134. The Morgan fingerprint density at radius 1 is 1.42 bits per heavy atom. The maximum absolute atomic E-state index is 5.78. The van der Waals surface area contributed by atoms with Crippen molar-refractivity contribution in [2.24, 2.45) is 4.99 Å². The van der Waals surface area contributed by atoms with E-state index in [0.29, 0.717) is 12.5 Å². The zero-order valence-corrected chi connectivity index (χ0v) is 12.5. The molecule has 0 saturated heterocycles. The van der Waals surface area contributed by atoms with Gasteiger partial charge in [0.25, 0.3) is 0 Å². The fraction of sp³-hybridized carbons (Fsp3) is 0.562. The van der Waals surface area contributed by atoms with Gasteiger partial charge in [-0.2, -0.15) is 0 Å². The summed E-state index contributed by atoms with van der Waals surface area (Å²) >= 11 is 0. The molecule has 0 N–H and O–H groups in total. The van der Waals surface area contributed by atoms with Gasteiger partial charge in [-0.15, -0.1) is 0 Å². The summed E-state index contributed by atoms with van der Waals surface area (Å²) in [6.45, 7) is 9.20. The summed E-state index contributed by atoms with van der Waals surface area (Å²) < 4.78 is 11.3. The number of hydrogen-bond donors (Lipinski definition) is 0. The number of nitrogens with zero attached hydrogens (tertiary/aromatic N) is 1. The molecule has 1 heterocycles. The molecule has 1 aromatic rings. The lowest BCUT2D eigenvalue weighted by molar-refractivity contribution is 0.279. The molecule has 0 aromatic heterocycles. The van der Waals surface area contributed by atoms with Crippen molar-refractivity contribution in [1.82, 2.24) is 0 Å². The minimum Gasteiger partial charge on any atom is -0.496 e. The summed E-state index contributed by atoms with van der Waals surface area (Å²) in [5.41, 5.74) is 2.13. The van der Waals surface area contributed by atoms with Gasteiger partial charge in [0.05, 0.1) is 12.6 Å². The van der Waals surface area contributed by atoms with Gasteiger partial charge in [0.15, 0.2) is 0 Å². The highest BCUT2D eigenvalue weighted by atomic mass is 16.5. The van der Waals surface area contributed by atoms with Crippen molar-refractivity contribution in [2.75, 3.05) is 13.7 Å². The Morgan fingerprint density at radius 2 is 2.16 bits per heavy atom. The predicted molar refractivity (Wildman–Crippen MR) is 78.3 cm³/mol. The second-order valence-electron chi connectivity index (χ2n) is 5.75. The van der Waals surface area contributed by atoms with Crippen LogP contribution in [0.15, 0.2) is 23.2 Å². The van der Waals surface area contributed by atoms with Crippen LogP contribution in [0.25, 0.3) is 0 Å². The lowest BCUT2D eigenvalue weighted by Crippen LogP contribution is -2.17. The summed E-state index contributed by atoms with van der Waals surface area (Å²) in [5.74, 6) is 2.09. The number of rotatable bonds is 4. The van der Waals surface area contributed by atoms with Crippen LogP contribution in [0.1, 0.15) is 51.2 Å². The molecule has 0 fully saturated rings. The van der Waals surface area contributed by atoms with Gasteiger partial charge in [0.2, 0.25) is 5.90 Å². The SMILES string of the molecule is CCC(C)c1c(OC)cccc1C1=NC(C)(C)CO1. The number of hydrogen-bond acceptors (Lipinski definition) is 3. The van der Waals surface area contributed by atoms with Crippen molar-refractivity contribution in [3.05, 3.63) is 29.3 Å². The highest BCUT2D eigenvalue weighted by Crippen LogP contribution is 2.34. The molecule has 3 heteroatoms. The largest absolute Gasteiger partial charge is 0.496 e. The average molecular weight is 261 g/mol. The van der Waals surface area contributed by atoms with Gasteiger partial charge >= 0.3 is 0 Å². The van der Waals surface area contributed by atoms with Gasteiger partial charge in [0, 0.05) is 11.1 Å². The molecule has 1 aromatic carbocycles. The topological polar surface area (TPSA) is 30.8 Å². The van der Waals surface area contributed by atoms with Gasteiger partial charge in [-0.25, -0.2) is 4.99 Å². The monoisotopic (exact) mass is 261 g/mol. The van der Waals surface area contributed by atoms with Crippen LogP contribution in [0.3, 0.4) is 0 Å². The van der Waals surface area contributed by atoms with Crippen LogP contribution in [0.5, 0.6) is 5.75 Å². The molecule has 0 saturated carbocycles. The fourth-order valence-electron chi connectivity index (χ4n) is 2.34. The first-order chi connectivity index (χ1) is 8.98. The number of methoxy groups -OCH3 is 1. The van der Waals surface area contributed by atoms with Crippen molar-refractivity contribution in [3.63, 3.8) is 0 Å². The van der Waals surface area contributed by atoms with Gasteiger partial charge in [-0.1, -0.05) is 19.9 Å². The van der Waals surface area contributed by atoms with E-state index in [-0.39, 0.29) is 5.54 Å². The highest BCUT2D eigenvalue weighted by molar-refractivity contribution is 5.97. The van der Waals surface area contributed by atoms with Crippen LogP contribution in [0.2, 0.25) is 0 Å². The maximum atomic E-state index is 5.78. The van der Waals surface area contributed by atoms with E-state index in [0.717, 1.165) is 23.6 Å². The van der Waals surface area contributed by atoms with Crippen molar-refractivity contribution in [2.45, 2.75) is 45.6 Å². The summed E-state index contributed by atoms with van der Waals surface area (Å²) in [6.07, 6.45) is 1.06. The Morgan fingerprint density at radius 3 is 2.68 bits per heavy atom. The molecule has 1 aliphatic heterocycles. The Labute approximate surface area is 115 Å². The molecule has 0 amide bonds. The molecule has 1 unspecified atom stereocenters. The molecule has 0 radical (unpaired) electrons. The van der Waals surface area contributed by atoms with Gasteiger partial charge in [-0.05, 0) is 38.3 Å². The smallest absolute Gasteiger partial charge is 0.217 e. The van der Waals surface area contributed by atoms with E-state index in [9.17, 15) is 0 Å². The van der Waals surface area contributed by atoms with E-state index in [1.807, 2.05) is 12.1 Å². The molecule has 0 bridgehead atoms. The maximum Gasteiger partial charge on any atom is 0.217 e. The number of benzene rings is 1. The molecule has 0 aliphatic carbocycles. The molecule has 1 atom stereocenters. The molecule has 19 heavy (non-hydrogen) atoms. The molecular formula is C16H23NO2. The van der Waals surface area contributed by atoms with Crippen molar-refractivity contribution < 1.29 is 9.47 Å². The van der Waals surface area contributed by atoms with E-state index >= 15 is 0 Å². The zero-order chi connectivity index (χ0) is 14.0. The minimum absolute atomic E-state index is 0.134. The first-order valence-electron chi connectivity index (χ1n) is 6.88. The quantitative estimate of drug-likeness (QED) is 0.826. The number of ether oxygens (including phenoxy) is 2. The fourth-order valence-corrected chi connectivity index (χ4v) is 2.34. The van der Waals surface area contributed by atoms with E-state index in [4.69, 9.17) is 9.47 Å². The lowest BCUT2D eigenvalue weighted by atomic mass is 9.92. The molecule has 0 spiro atoms. The lowest BCUT2D eigenvalue weighted by Gasteiger charge is -2.18. The second kappa shape index (κ2) is 5.24. The molecular weight excluding hydrogens is 238 g/mol. The molecule has 2 rings (SSSR count). The second-order valence-corrected chi connectivity index (χ2v) is 5.75. The van der Waals surface area contributed by atoms with Crippen molar-refractivity contribution in [3.8, 4) is 5.75 Å². The first-order valence-corrected chi connectivity index (χ1v) is 6.88.